The zero-order valence-corrected chi connectivity index (χ0v) is 17.9. The van der Waals surface area contributed by atoms with Crippen molar-refractivity contribution in [3.8, 4) is 0 Å². The van der Waals surface area contributed by atoms with Crippen molar-refractivity contribution in [2.45, 2.75) is 50.7 Å². The summed E-state index contributed by atoms with van der Waals surface area (Å²) < 4.78 is 6.90. The van der Waals surface area contributed by atoms with Crippen LogP contribution in [0, 0.1) is 6.92 Å². The summed E-state index contributed by atoms with van der Waals surface area (Å²) in [4.78, 5) is 35.9. The van der Waals surface area contributed by atoms with Crippen LogP contribution in [0.5, 0.6) is 0 Å². The molecule has 0 aliphatic heterocycles. The number of anilines is 1. The van der Waals surface area contributed by atoms with E-state index in [9.17, 15) is 14.4 Å². The van der Waals surface area contributed by atoms with E-state index in [1.165, 1.54) is 23.1 Å². The standard InChI is InChI=1S/C18H23N5O4S2/c1-3-27-17(26)15-10(2)8-14(29-15)20-13(25)9-28-18-22-21-16(11-4-5-11)23(18)7-6-12(19)24/h8,11H,3-7,9H2,1-2H3,(H2,19,24)(H,20,25). The highest BCUT2D eigenvalue weighted by atomic mass is 32.2. The van der Waals surface area contributed by atoms with Gasteiger partial charge in [0, 0.05) is 18.9 Å². The number of nitrogens with zero attached hydrogens (tertiary/aromatic N) is 3. The Balaban J connectivity index is 1.60. The van der Waals surface area contributed by atoms with E-state index in [1.807, 2.05) is 4.57 Å². The lowest BCUT2D eigenvalue weighted by Crippen LogP contribution is -2.17. The molecule has 29 heavy (non-hydrogen) atoms. The van der Waals surface area contributed by atoms with Crippen LogP contribution in [0.3, 0.4) is 0 Å². The van der Waals surface area contributed by atoms with Crippen molar-refractivity contribution in [3.05, 3.63) is 22.3 Å². The van der Waals surface area contributed by atoms with Crippen LogP contribution in [0.15, 0.2) is 11.2 Å². The lowest BCUT2D eigenvalue weighted by molar-refractivity contribution is -0.118. The molecule has 1 saturated carbocycles. The first kappa shape index (κ1) is 21.3. The number of nitrogens with one attached hydrogen (secondary N) is 1. The number of aromatic nitrogens is 3. The molecular formula is C18H23N5O4S2. The first-order valence-corrected chi connectivity index (χ1v) is 11.1. The Morgan fingerprint density at radius 2 is 2.14 bits per heavy atom. The van der Waals surface area contributed by atoms with Crippen LogP contribution >= 0.6 is 23.1 Å². The number of ether oxygens (including phenoxy) is 1. The fourth-order valence-electron chi connectivity index (χ4n) is 2.73. The molecule has 0 radical (unpaired) electrons. The molecule has 0 unspecified atom stereocenters. The molecule has 2 aromatic heterocycles. The van der Waals surface area contributed by atoms with Crippen molar-refractivity contribution >= 4 is 45.9 Å². The second kappa shape index (κ2) is 9.40. The van der Waals surface area contributed by atoms with Crippen molar-refractivity contribution in [1.29, 1.82) is 0 Å². The number of rotatable bonds is 10. The van der Waals surface area contributed by atoms with Gasteiger partial charge < -0.3 is 20.4 Å². The average molecular weight is 438 g/mol. The Morgan fingerprint density at radius 1 is 1.38 bits per heavy atom. The maximum Gasteiger partial charge on any atom is 0.348 e. The summed E-state index contributed by atoms with van der Waals surface area (Å²) in [6.45, 7) is 4.25. The van der Waals surface area contributed by atoms with E-state index in [4.69, 9.17) is 10.5 Å². The van der Waals surface area contributed by atoms with Crippen LogP contribution in [-0.2, 0) is 20.9 Å². The summed E-state index contributed by atoms with van der Waals surface area (Å²) in [5, 5.41) is 12.4. The molecule has 1 aliphatic rings. The maximum atomic E-state index is 12.4. The molecule has 0 spiro atoms. The van der Waals surface area contributed by atoms with Gasteiger partial charge in [0.05, 0.1) is 17.4 Å². The molecule has 2 heterocycles. The Labute approximate surface area is 176 Å². The fraction of sp³-hybridized carbons (Fsp3) is 0.500. The molecule has 3 rings (SSSR count). The monoisotopic (exact) mass is 437 g/mol. The number of thiophene rings is 1. The minimum atomic E-state index is -0.389. The van der Waals surface area contributed by atoms with Gasteiger partial charge in [0.25, 0.3) is 0 Å². The van der Waals surface area contributed by atoms with E-state index in [-0.39, 0.29) is 30.0 Å². The van der Waals surface area contributed by atoms with E-state index in [0.717, 1.165) is 24.2 Å². The van der Waals surface area contributed by atoms with E-state index < -0.39 is 0 Å². The van der Waals surface area contributed by atoms with E-state index in [0.29, 0.717) is 34.1 Å². The van der Waals surface area contributed by atoms with Gasteiger partial charge in [-0.25, -0.2) is 4.79 Å². The molecule has 11 heteroatoms. The number of nitrogens with two attached hydrogens (primary N) is 1. The lowest BCUT2D eigenvalue weighted by Gasteiger charge is -2.08. The molecule has 9 nitrogen and oxygen atoms in total. The van der Waals surface area contributed by atoms with Crippen LogP contribution in [0.2, 0.25) is 0 Å². The number of primary amides is 1. The Kier molecular flexibility index (Phi) is 6.91. The molecule has 2 amide bonds. The molecule has 0 atom stereocenters. The van der Waals surface area contributed by atoms with Crippen LogP contribution in [0.25, 0.3) is 0 Å². The van der Waals surface area contributed by atoms with E-state index in [2.05, 4.69) is 15.5 Å². The largest absolute Gasteiger partial charge is 0.462 e. The van der Waals surface area contributed by atoms with Gasteiger partial charge in [-0.1, -0.05) is 11.8 Å². The third kappa shape index (κ3) is 5.57. The summed E-state index contributed by atoms with van der Waals surface area (Å²) in [6.07, 6.45) is 2.31. The first-order valence-electron chi connectivity index (χ1n) is 9.30. The maximum absolute atomic E-state index is 12.4. The summed E-state index contributed by atoms with van der Waals surface area (Å²) in [7, 11) is 0. The summed E-state index contributed by atoms with van der Waals surface area (Å²) in [5.41, 5.74) is 6.03. The SMILES string of the molecule is CCOC(=O)c1sc(NC(=O)CSc2nnc(C3CC3)n2CCC(N)=O)cc1C. The third-order valence-corrected chi connectivity index (χ3v) is 6.34. The number of thioether (sulfide) groups is 1. The number of carbonyl (C=O) groups is 3. The zero-order chi connectivity index (χ0) is 21.0. The average Bonchev–Trinajstić information content (AvgIpc) is 3.32. The summed E-state index contributed by atoms with van der Waals surface area (Å²) >= 11 is 2.44. The van der Waals surface area contributed by atoms with Crippen LogP contribution in [-0.4, -0.2) is 44.9 Å². The van der Waals surface area contributed by atoms with Gasteiger partial charge in [-0.15, -0.1) is 21.5 Å². The minimum absolute atomic E-state index is 0.130. The van der Waals surface area contributed by atoms with Crippen molar-refractivity contribution in [2.24, 2.45) is 5.73 Å². The molecule has 0 aromatic carbocycles. The van der Waals surface area contributed by atoms with Crippen molar-refractivity contribution < 1.29 is 19.1 Å². The van der Waals surface area contributed by atoms with Gasteiger partial charge in [0.2, 0.25) is 11.8 Å². The predicted octanol–water partition coefficient (Wildman–Crippen LogP) is 2.31. The number of hydrogen-bond donors (Lipinski definition) is 2. The summed E-state index contributed by atoms with van der Waals surface area (Å²) in [5.74, 6) is 0.352. The normalized spacial score (nSPS) is 13.3. The number of carbonyl (C=O) groups excluding carboxylic acids is 3. The van der Waals surface area contributed by atoms with Crippen LogP contribution in [0.1, 0.15) is 53.2 Å². The molecule has 1 aliphatic carbocycles. The number of aryl methyl sites for hydroxylation is 1. The molecule has 3 N–H and O–H groups in total. The Hall–Kier alpha value is -2.40. The van der Waals surface area contributed by atoms with Gasteiger partial charge in [-0.05, 0) is 38.3 Å². The van der Waals surface area contributed by atoms with Gasteiger partial charge in [-0.2, -0.15) is 0 Å². The van der Waals surface area contributed by atoms with Gasteiger partial charge >= 0.3 is 5.97 Å². The van der Waals surface area contributed by atoms with Crippen molar-refractivity contribution in [3.63, 3.8) is 0 Å². The highest BCUT2D eigenvalue weighted by molar-refractivity contribution is 7.99. The zero-order valence-electron chi connectivity index (χ0n) is 16.3. The number of hydrogen-bond acceptors (Lipinski definition) is 8. The van der Waals surface area contributed by atoms with Crippen molar-refractivity contribution in [1.82, 2.24) is 14.8 Å². The first-order chi connectivity index (χ1) is 13.9. The Morgan fingerprint density at radius 3 is 2.79 bits per heavy atom. The van der Waals surface area contributed by atoms with Crippen LogP contribution < -0.4 is 11.1 Å². The van der Waals surface area contributed by atoms with Gasteiger partial charge in [-0.3, -0.25) is 9.59 Å². The molecule has 1 fully saturated rings. The summed E-state index contributed by atoms with van der Waals surface area (Å²) in [6, 6.07) is 1.75. The molecule has 2 aromatic rings. The smallest absolute Gasteiger partial charge is 0.348 e. The topological polar surface area (TPSA) is 129 Å². The molecule has 0 bridgehead atoms. The third-order valence-electron chi connectivity index (χ3n) is 4.24. The fourth-order valence-corrected chi connectivity index (χ4v) is 4.48. The second-order valence-electron chi connectivity index (χ2n) is 6.66. The highest BCUT2D eigenvalue weighted by Crippen LogP contribution is 2.40. The quantitative estimate of drug-likeness (QED) is 0.431. The molecule has 156 valence electrons. The molecule has 0 saturated heterocycles. The minimum Gasteiger partial charge on any atom is -0.462 e. The van der Waals surface area contributed by atoms with E-state index >= 15 is 0 Å². The van der Waals surface area contributed by atoms with Crippen molar-refractivity contribution in [2.75, 3.05) is 17.7 Å². The predicted molar refractivity (Wildman–Crippen MR) is 110 cm³/mol. The number of esters is 1. The van der Waals surface area contributed by atoms with Crippen LogP contribution in [0.4, 0.5) is 5.00 Å². The second-order valence-corrected chi connectivity index (χ2v) is 8.66. The lowest BCUT2D eigenvalue weighted by atomic mass is 10.3. The molecular weight excluding hydrogens is 414 g/mol. The number of amides is 2. The van der Waals surface area contributed by atoms with E-state index in [1.54, 1.807) is 19.9 Å². The van der Waals surface area contributed by atoms with Gasteiger partial charge in [0.15, 0.2) is 5.16 Å². The van der Waals surface area contributed by atoms with Gasteiger partial charge in [0.1, 0.15) is 10.7 Å². The Bertz CT molecular complexity index is 919. The highest BCUT2D eigenvalue weighted by Gasteiger charge is 2.30.